The molecular weight excluding hydrogens is 314 g/mol. The molecule has 0 unspecified atom stereocenters. The van der Waals surface area contributed by atoms with Crippen molar-refractivity contribution in [1.82, 2.24) is 14.8 Å². The molecule has 22 heavy (non-hydrogen) atoms. The lowest BCUT2D eigenvalue weighted by molar-refractivity contribution is 0.0753. The summed E-state index contributed by atoms with van der Waals surface area (Å²) in [5.41, 5.74) is 0.594. The summed E-state index contributed by atoms with van der Waals surface area (Å²) in [6, 6.07) is 4.64. The van der Waals surface area contributed by atoms with Gasteiger partial charge in [-0.1, -0.05) is 6.07 Å². The second-order valence-electron chi connectivity index (χ2n) is 5.86. The molecule has 1 saturated heterocycles. The maximum absolute atomic E-state index is 12.7. The summed E-state index contributed by atoms with van der Waals surface area (Å²) in [6.45, 7) is 1.67. The molecule has 0 N–H and O–H groups in total. The van der Waals surface area contributed by atoms with E-state index in [4.69, 9.17) is 0 Å². The predicted molar refractivity (Wildman–Crippen MR) is 92.7 cm³/mol. The topological polar surface area (TPSA) is 36.4 Å². The molecule has 1 amide bonds. The molecule has 1 atom stereocenters. The average Bonchev–Trinajstić information content (AvgIpc) is 3.12. The monoisotopic (exact) mass is 335 g/mol. The van der Waals surface area contributed by atoms with E-state index in [1.807, 2.05) is 27.8 Å². The number of aromatic nitrogens is 1. The zero-order valence-corrected chi connectivity index (χ0v) is 14.6. The van der Waals surface area contributed by atoms with E-state index in [1.54, 1.807) is 22.7 Å². The maximum Gasteiger partial charge on any atom is 0.273 e. The molecule has 0 aromatic carbocycles. The lowest BCUT2D eigenvalue weighted by Crippen LogP contribution is -2.34. The Morgan fingerprint density at radius 3 is 2.91 bits per heavy atom. The third kappa shape index (κ3) is 3.39. The molecule has 2 aromatic rings. The summed E-state index contributed by atoms with van der Waals surface area (Å²) in [6.07, 6.45) is 3.27. The van der Waals surface area contributed by atoms with E-state index in [-0.39, 0.29) is 5.91 Å². The number of carbonyl (C=O) groups excluding carboxylic acids is 1. The maximum atomic E-state index is 12.7. The van der Waals surface area contributed by atoms with Gasteiger partial charge >= 0.3 is 0 Å². The van der Waals surface area contributed by atoms with Crippen LogP contribution in [0.4, 0.5) is 0 Å². The minimum absolute atomic E-state index is 0.0819. The fraction of sp³-hybridized carbons (Fsp3) is 0.500. The molecule has 6 heteroatoms. The van der Waals surface area contributed by atoms with Crippen molar-refractivity contribution in [3.05, 3.63) is 28.6 Å². The van der Waals surface area contributed by atoms with Gasteiger partial charge < -0.3 is 9.80 Å². The third-order valence-electron chi connectivity index (χ3n) is 4.17. The quantitative estimate of drug-likeness (QED) is 0.862. The number of amides is 1. The highest BCUT2D eigenvalue weighted by Crippen LogP contribution is 2.28. The number of rotatable bonds is 3. The van der Waals surface area contributed by atoms with E-state index < -0.39 is 0 Å². The van der Waals surface area contributed by atoms with Crippen LogP contribution in [0.1, 0.15) is 29.8 Å². The normalized spacial score (nSPS) is 19.4. The number of likely N-dealkylation sites (tertiary alicyclic amines) is 1. The number of thiophene rings is 1. The Morgan fingerprint density at radius 2 is 2.18 bits per heavy atom. The van der Waals surface area contributed by atoms with Crippen molar-refractivity contribution in [3.8, 4) is 9.88 Å². The smallest absolute Gasteiger partial charge is 0.273 e. The van der Waals surface area contributed by atoms with Crippen molar-refractivity contribution >= 4 is 28.6 Å². The number of hydrogen-bond donors (Lipinski definition) is 0. The lowest BCUT2D eigenvalue weighted by Gasteiger charge is -2.23. The Kier molecular flexibility index (Phi) is 4.90. The van der Waals surface area contributed by atoms with Crippen molar-refractivity contribution in [1.29, 1.82) is 0 Å². The fourth-order valence-electron chi connectivity index (χ4n) is 2.85. The Balaban J connectivity index is 1.69. The van der Waals surface area contributed by atoms with Crippen LogP contribution >= 0.6 is 22.7 Å². The molecule has 0 spiro atoms. The first-order valence-electron chi connectivity index (χ1n) is 7.60. The van der Waals surface area contributed by atoms with Crippen molar-refractivity contribution in [2.24, 2.45) is 0 Å². The van der Waals surface area contributed by atoms with Gasteiger partial charge in [-0.25, -0.2) is 4.98 Å². The molecule has 0 radical (unpaired) electrons. The van der Waals surface area contributed by atoms with Crippen LogP contribution in [0.2, 0.25) is 0 Å². The predicted octanol–water partition coefficient (Wildman–Crippen LogP) is 3.43. The highest BCUT2D eigenvalue weighted by molar-refractivity contribution is 7.20. The number of nitrogens with zero attached hydrogens (tertiary/aromatic N) is 3. The molecule has 3 heterocycles. The van der Waals surface area contributed by atoms with Gasteiger partial charge in [-0.05, 0) is 44.8 Å². The second-order valence-corrected chi connectivity index (χ2v) is 7.66. The van der Waals surface area contributed by atoms with Crippen LogP contribution in [0.3, 0.4) is 0 Å². The van der Waals surface area contributed by atoms with Gasteiger partial charge in [0.2, 0.25) is 0 Å². The highest BCUT2D eigenvalue weighted by atomic mass is 32.1. The van der Waals surface area contributed by atoms with Crippen molar-refractivity contribution < 1.29 is 4.79 Å². The van der Waals surface area contributed by atoms with E-state index in [0.717, 1.165) is 42.2 Å². The molecule has 0 bridgehead atoms. The Labute approximate surface area is 139 Å². The molecule has 3 rings (SSSR count). The van der Waals surface area contributed by atoms with Gasteiger partial charge in [-0.3, -0.25) is 4.79 Å². The molecule has 1 aliphatic rings. The third-order valence-corrected chi connectivity index (χ3v) is 6.05. The number of hydrogen-bond acceptors (Lipinski definition) is 5. The van der Waals surface area contributed by atoms with E-state index in [9.17, 15) is 4.79 Å². The van der Waals surface area contributed by atoms with Crippen LogP contribution in [-0.4, -0.2) is 53.9 Å². The van der Waals surface area contributed by atoms with Crippen LogP contribution in [-0.2, 0) is 0 Å². The van der Waals surface area contributed by atoms with Gasteiger partial charge in [0.15, 0.2) is 0 Å². The molecule has 0 saturated carbocycles. The highest BCUT2D eigenvalue weighted by Gasteiger charge is 2.24. The van der Waals surface area contributed by atoms with Crippen molar-refractivity contribution in [3.63, 3.8) is 0 Å². The molecule has 118 valence electrons. The summed E-state index contributed by atoms with van der Waals surface area (Å²) in [7, 11) is 4.24. The van der Waals surface area contributed by atoms with Crippen molar-refractivity contribution in [2.45, 2.75) is 25.3 Å². The van der Waals surface area contributed by atoms with Crippen LogP contribution in [0.15, 0.2) is 22.9 Å². The first-order valence-corrected chi connectivity index (χ1v) is 9.36. The SMILES string of the molecule is CN(C)[C@H]1CCCN(C(=O)c2csc(-c3cccs3)n2)CC1. The molecule has 2 aromatic heterocycles. The summed E-state index contributed by atoms with van der Waals surface area (Å²) in [5.74, 6) is 0.0819. The molecule has 1 fully saturated rings. The summed E-state index contributed by atoms with van der Waals surface area (Å²) >= 11 is 3.21. The molecule has 4 nitrogen and oxygen atoms in total. The Hall–Kier alpha value is -1.24. The van der Waals surface area contributed by atoms with Crippen LogP contribution in [0.5, 0.6) is 0 Å². The van der Waals surface area contributed by atoms with E-state index >= 15 is 0 Å². The minimum atomic E-state index is 0.0819. The molecular formula is C16H21N3OS2. The van der Waals surface area contributed by atoms with Gasteiger partial charge in [0.25, 0.3) is 5.91 Å². The molecule has 0 aliphatic carbocycles. The van der Waals surface area contributed by atoms with Gasteiger partial charge in [0.1, 0.15) is 10.7 Å². The van der Waals surface area contributed by atoms with Gasteiger partial charge in [0.05, 0.1) is 4.88 Å². The summed E-state index contributed by atoms with van der Waals surface area (Å²) in [5, 5.41) is 4.87. The largest absolute Gasteiger partial charge is 0.337 e. The number of carbonyl (C=O) groups is 1. The second kappa shape index (κ2) is 6.89. The lowest BCUT2D eigenvalue weighted by atomic mass is 10.1. The van der Waals surface area contributed by atoms with E-state index in [2.05, 4.69) is 24.0 Å². The zero-order chi connectivity index (χ0) is 15.5. The zero-order valence-electron chi connectivity index (χ0n) is 13.0. The standard InChI is InChI=1S/C16H21N3OS2/c1-18(2)12-5-3-8-19(9-7-12)16(20)13-11-22-15(17-13)14-6-4-10-21-14/h4,6,10-12H,3,5,7-9H2,1-2H3/t12-/m0/s1. The van der Waals surface area contributed by atoms with Gasteiger partial charge in [0, 0.05) is 24.5 Å². The van der Waals surface area contributed by atoms with E-state index in [0.29, 0.717) is 11.7 Å². The van der Waals surface area contributed by atoms with Gasteiger partial charge in [-0.2, -0.15) is 0 Å². The van der Waals surface area contributed by atoms with Crippen LogP contribution in [0.25, 0.3) is 9.88 Å². The first-order chi connectivity index (χ1) is 10.6. The van der Waals surface area contributed by atoms with E-state index in [1.165, 1.54) is 0 Å². The van der Waals surface area contributed by atoms with Crippen LogP contribution in [0, 0.1) is 0 Å². The first kappa shape index (κ1) is 15.6. The fourth-order valence-corrected chi connectivity index (χ4v) is 4.45. The Bertz CT molecular complexity index is 621. The summed E-state index contributed by atoms with van der Waals surface area (Å²) in [4.78, 5) is 22.6. The minimum Gasteiger partial charge on any atom is -0.337 e. The average molecular weight is 335 g/mol. The Morgan fingerprint density at radius 1 is 1.32 bits per heavy atom. The summed E-state index contributed by atoms with van der Waals surface area (Å²) < 4.78 is 0. The van der Waals surface area contributed by atoms with Crippen LogP contribution < -0.4 is 0 Å². The van der Waals surface area contributed by atoms with Gasteiger partial charge in [-0.15, -0.1) is 22.7 Å². The van der Waals surface area contributed by atoms with Crippen molar-refractivity contribution in [2.75, 3.05) is 27.2 Å². The number of thiazole rings is 1. The molecule has 1 aliphatic heterocycles.